The molecule has 0 bridgehead atoms. The first kappa shape index (κ1) is 5.83. The molecule has 1 radical (unpaired) electrons. The van der Waals surface area contributed by atoms with Crippen LogP contribution in [0, 0.1) is 5.92 Å². The smallest absolute Gasteiger partial charge is 0.0853 e. The maximum absolute atomic E-state index is 10.3. The molecule has 0 saturated heterocycles. The van der Waals surface area contributed by atoms with Crippen molar-refractivity contribution in [2.75, 3.05) is 6.61 Å². The molecule has 0 N–H and O–H groups in total. The fourth-order valence-corrected chi connectivity index (χ4v) is 1.01. The van der Waals surface area contributed by atoms with Gasteiger partial charge < -0.3 is 0 Å². The van der Waals surface area contributed by atoms with Crippen molar-refractivity contribution in [1.29, 1.82) is 0 Å². The summed E-state index contributed by atoms with van der Waals surface area (Å²) in [5.74, 6) is 0.444. The van der Waals surface area contributed by atoms with Crippen molar-refractivity contribution in [3.63, 3.8) is 0 Å². The van der Waals surface area contributed by atoms with Gasteiger partial charge in [0.2, 0.25) is 0 Å². The Kier molecular flexibility index (Phi) is 2.10. The molecule has 0 aromatic heterocycles. The van der Waals surface area contributed by atoms with Crippen molar-refractivity contribution >= 4 is 0 Å². The van der Waals surface area contributed by atoms with Gasteiger partial charge in [-0.2, -0.15) is 0 Å². The van der Waals surface area contributed by atoms with E-state index in [1.54, 1.807) is 0 Å². The highest BCUT2D eigenvalue weighted by molar-refractivity contribution is 4.89. The maximum Gasteiger partial charge on any atom is 0.0853 e. The predicted molar refractivity (Wildman–Crippen MR) is 32.0 cm³/mol. The van der Waals surface area contributed by atoms with Crippen molar-refractivity contribution in [1.82, 2.24) is 0 Å². The topological polar surface area (TPSA) is 19.9 Å². The SMILES string of the molecule is [O]CC1CC=CCC1. The molecule has 8 heavy (non-hydrogen) atoms. The average molecular weight is 111 g/mol. The minimum absolute atomic E-state index is 0.115. The Hall–Kier alpha value is -0.300. The maximum atomic E-state index is 10.3. The van der Waals surface area contributed by atoms with E-state index in [0.29, 0.717) is 5.92 Å². The van der Waals surface area contributed by atoms with Crippen LogP contribution in [0.2, 0.25) is 0 Å². The van der Waals surface area contributed by atoms with Gasteiger partial charge in [0.15, 0.2) is 0 Å². The average Bonchev–Trinajstić information content (AvgIpc) is 1.90. The van der Waals surface area contributed by atoms with Crippen LogP contribution in [0.15, 0.2) is 12.2 Å². The molecule has 0 aromatic carbocycles. The first-order valence-electron chi connectivity index (χ1n) is 3.16. The summed E-state index contributed by atoms with van der Waals surface area (Å²) in [6.45, 7) is 0.115. The van der Waals surface area contributed by atoms with Gasteiger partial charge in [-0.25, -0.2) is 5.11 Å². The summed E-state index contributed by atoms with van der Waals surface area (Å²) in [5.41, 5.74) is 0. The van der Waals surface area contributed by atoms with E-state index in [-0.39, 0.29) is 6.61 Å². The minimum atomic E-state index is 0.115. The van der Waals surface area contributed by atoms with Gasteiger partial charge in [-0.05, 0) is 25.2 Å². The second-order valence-corrected chi connectivity index (χ2v) is 2.32. The molecule has 1 rings (SSSR count). The van der Waals surface area contributed by atoms with Crippen molar-refractivity contribution in [2.45, 2.75) is 19.3 Å². The van der Waals surface area contributed by atoms with E-state index < -0.39 is 0 Å². The first-order chi connectivity index (χ1) is 3.93. The van der Waals surface area contributed by atoms with E-state index >= 15 is 0 Å². The Morgan fingerprint density at radius 3 is 2.75 bits per heavy atom. The lowest BCUT2D eigenvalue weighted by atomic mass is 9.96. The normalized spacial score (nSPS) is 28.4. The van der Waals surface area contributed by atoms with Gasteiger partial charge in [0.1, 0.15) is 0 Å². The van der Waals surface area contributed by atoms with Crippen LogP contribution in [0.1, 0.15) is 19.3 Å². The highest BCUT2D eigenvalue weighted by Crippen LogP contribution is 2.16. The van der Waals surface area contributed by atoms with Crippen LogP contribution in [0.25, 0.3) is 0 Å². The molecule has 0 fully saturated rings. The summed E-state index contributed by atoms with van der Waals surface area (Å²) in [4.78, 5) is 0. The minimum Gasteiger partial charge on any atom is -0.236 e. The summed E-state index contributed by atoms with van der Waals surface area (Å²) in [6, 6.07) is 0. The molecule has 0 aromatic rings. The molecule has 1 atom stereocenters. The third-order valence-corrected chi connectivity index (χ3v) is 1.61. The lowest BCUT2D eigenvalue weighted by Crippen LogP contribution is -2.05. The lowest BCUT2D eigenvalue weighted by Gasteiger charge is -2.12. The highest BCUT2D eigenvalue weighted by atomic mass is 16.3. The Morgan fingerprint density at radius 2 is 2.38 bits per heavy atom. The zero-order chi connectivity index (χ0) is 5.82. The fourth-order valence-electron chi connectivity index (χ4n) is 1.01. The molecule has 1 heteroatoms. The number of allylic oxidation sites excluding steroid dienone is 2. The van der Waals surface area contributed by atoms with Crippen molar-refractivity contribution in [3.05, 3.63) is 12.2 Å². The van der Waals surface area contributed by atoms with Gasteiger partial charge in [0, 0.05) is 0 Å². The lowest BCUT2D eigenvalue weighted by molar-refractivity contribution is 0.138. The van der Waals surface area contributed by atoms with E-state index in [0.717, 1.165) is 19.3 Å². The molecule has 0 aliphatic heterocycles. The summed E-state index contributed by atoms with van der Waals surface area (Å²) >= 11 is 0. The monoisotopic (exact) mass is 111 g/mol. The van der Waals surface area contributed by atoms with E-state index in [9.17, 15) is 5.11 Å². The Bertz CT molecular complexity index is 86.4. The van der Waals surface area contributed by atoms with Crippen LogP contribution in [0.3, 0.4) is 0 Å². The van der Waals surface area contributed by atoms with Gasteiger partial charge in [-0.15, -0.1) is 0 Å². The molecule has 45 valence electrons. The number of hydrogen-bond donors (Lipinski definition) is 0. The summed E-state index contributed by atoms with van der Waals surface area (Å²) in [6.07, 6.45) is 7.52. The molecular formula is C7H11O. The second kappa shape index (κ2) is 2.88. The molecule has 0 heterocycles. The van der Waals surface area contributed by atoms with Crippen LogP contribution in [0.4, 0.5) is 0 Å². The Balaban J connectivity index is 2.27. The molecular weight excluding hydrogens is 100 g/mol. The van der Waals surface area contributed by atoms with Gasteiger partial charge in [0.05, 0.1) is 6.61 Å². The Labute approximate surface area is 50.0 Å². The van der Waals surface area contributed by atoms with Gasteiger partial charge >= 0.3 is 0 Å². The van der Waals surface area contributed by atoms with Gasteiger partial charge in [-0.1, -0.05) is 12.2 Å². The fraction of sp³-hybridized carbons (Fsp3) is 0.714. The molecule has 0 saturated carbocycles. The molecule has 1 nitrogen and oxygen atoms in total. The molecule has 1 aliphatic rings. The Morgan fingerprint density at radius 1 is 1.50 bits per heavy atom. The second-order valence-electron chi connectivity index (χ2n) is 2.32. The highest BCUT2D eigenvalue weighted by Gasteiger charge is 2.07. The zero-order valence-corrected chi connectivity index (χ0v) is 4.97. The number of hydrogen-bond acceptors (Lipinski definition) is 0. The molecule has 1 aliphatic carbocycles. The van der Waals surface area contributed by atoms with Crippen LogP contribution in [-0.4, -0.2) is 6.61 Å². The quantitative estimate of drug-likeness (QED) is 0.459. The van der Waals surface area contributed by atoms with Crippen molar-refractivity contribution in [3.8, 4) is 0 Å². The largest absolute Gasteiger partial charge is 0.236 e. The van der Waals surface area contributed by atoms with Crippen molar-refractivity contribution < 1.29 is 5.11 Å². The standard InChI is InChI=1S/C7H11O/c8-6-7-4-2-1-3-5-7/h1-2,7H,3-6H2. The van der Waals surface area contributed by atoms with Crippen LogP contribution >= 0.6 is 0 Å². The zero-order valence-electron chi connectivity index (χ0n) is 4.97. The molecule has 0 spiro atoms. The number of rotatable bonds is 1. The third-order valence-electron chi connectivity index (χ3n) is 1.61. The van der Waals surface area contributed by atoms with Crippen LogP contribution in [-0.2, 0) is 5.11 Å². The van der Waals surface area contributed by atoms with Crippen LogP contribution < -0.4 is 0 Å². The van der Waals surface area contributed by atoms with Gasteiger partial charge in [0.25, 0.3) is 0 Å². The molecule has 1 unspecified atom stereocenters. The predicted octanol–water partition coefficient (Wildman–Crippen LogP) is 1.77. The third kappa shape index (κ3) is 1.34. The first-order valence-corrected chi connectivity index (χ1v) is 3.16. The van der Waals surface area contributed by atoms with Crippen LogP contribution in [0.5, 0.6) is 0 Å². The van der Waals surface area contributed by atoms with Gasteiger partial charge in [-0.3, -0.25) is 0 Å². The van der Waals surface area contributed by atoms with E-state index in [4.69, 9.17) is 0 Å². The summed E-state index contributed by atoms with van der Waals surface area (Å²) in [5, 5.41) is 10.3. The molecule has 0 amide bonds. The summed E-state index contributed by atoms with van der Waals surface area (Å²) in [7, 11) is 0. The van der Waals surface area contributed by atoms with E-state index in [1.807, 2.05) is 0 Å². The van der Waals surface area contributed by atoms with E-state index in [2.05, 4.69) is 12.2 Å². The summed E-state index contributed by atoms with van der Waals surface area (Å²) < 4.78 is 0. The van der Waals surface area contributed by atoms with Crippen molar-refractivity contribution in [2.24, 2.45) is 5.92 Å². The van der Waals surface area contributed by atoms with E-state index in [1.165, 1.54) is 0 Å².